The minimum atomic E-state index is -0.187. The lowest BCUT2D eigenvalue weighted by atomic mass is 10.2. The highest BCUT2D eigenvalue weighted by atomic mass is 79.9. The molecular weight excluding hydrogens is 316 g/mol. The van der Waals surface area contributed by atoms with Crippen molar-refractivity contribution in [2.24, 2.45) is 0 Å². The SMILES string of the molecule is O=C(NC(=S)N1CCOCC1)c1cccc(Br)c1. The molecule has 1 amide bonds. The summed E-state index contributed by atoms with van der Waals surface area (Å²) in [5.41, 5.74) is 0.583. The highest BCUT2D eigenvalue weighted by Gasteiger charge is 2.16. The summed E-state index contributed by atoms with van der Waals surface area (Å²) in [6, 6.07) is 7.20. The molecule has 4 nitrogen and oxygen atoms in total. The van der Waals surface area contributed by atoms with E-state index in [0.29, 0.717) is 23.9 Å². The predicted octanol–water partition coefficient (Wildman–Crippen LogP) is 1.80. The second-order valence-corrected chi connectivity index (χ2v) is 5.17. The lowest BCUT2D eigenvalue weighted by Gasteiger charge is -2.28. The average Bonchev–Trinajstić information content (AvgIpc) is 2.39. The Kier molecular flexibility index (Phi) is 4.68. The molecule has 1 fully saturated rings. The van der Waals surface area contributed by atoms with Gasteiger partial charge in [0.15, 0.2) is 5.11 Å². The minimum absolute atomic E-state index is 0.187. The van der Waals surface area contributed by atoms with Gasteiger partial charge in [0, 0.05) is 23.1 Å². The van der Waals surface area contributed by atoms with Crippen LogP contribution < -0.4 is 5.32 Å². The second-order valence-electron chi connectivity index (χ2n) is 3.87. The summed E-state index contributed by atoms with van der Waals surface area (Å²) in [6.07, 6.45) is 0. The summed E-state index contributed by atoms with van der Waals surface area (Å²) in [5.74, 6) is -0.187. The van der Waals surface area contributed by atoms with Gasteiger partial charge < -0.3 is 9.64 Å². The fourth-order valence-corrected chi connectivity index (χ4v) is 2.32. The summed E-state index contributed by atoms with van der Waals surface area (Å²) < 4.78 is 6.10. The van der Waals surface area contributed by atoms with Crippen molar-refractivity contribution in [3.63, 3.8) is 0 Å². The van der Waals surface area contributed by atoms with Crippen molar-refractivity contribution >= 4 is 39.2 Å². The predicted molar refractivity (Wildman–Crippen MR) is 76.6 cm³/mol. The fourth-order valence-electron chi connectivity index (χ4n) is 1.64. The van der Waals surface area contributed by atoms with E-state index in [9.17, 15) is 4.79 Å². The van der Waals surface area contributed by atoms with Crippen molar-refractivity contribution in [3.05, 3.63) is 34.3 Å². The molecule has 0 bridgehead atoms. The Bertz CT molecular complexity index is 461. The maximum atomic E-state index is 12.0. The number of morpholine rings is 1. The maximum absolute atomic E-state index is 12.0. The fraction of sp³-hybridized carbons (Fsp3) is 0.333. The van der Waals surface area contributed by atoms with Crippen LogP contribution in [0.25, 0.3) is 0 Å². The van der Waals surface area contributed by atoms with Crippen molar-refractivity contribution in [1.29, 1.82) is 0 Å². The van der Waals surface area contributed by atoms with Gasteiger partial charge in [0.1, 0.15) is 0 Å². The second kappa shape index (κ2) is 6.26. The van der Waals surface area contributed by atoms with Gasteiger partial charge in [0.05, 0.1) is 13.2 Å². The Hall–Kier alpha value is -0.980. The molecule has 1 aromatic carbocycles. The molecule has 2 rings (SSSR count). The standard InChI is InChI=1S/C12H13BrN2O2S/c13-10-3-1-2-9(8-10)11(16)14-12(18)15-4-6-17-7-5-15/h1-3,8H,4-7H2,(H,14,16,18). The lowest BCUT2D eigenvalue weighted by Crippen LogP contribution is -2.47. The van der Waals surface area contributed by atoms with Gasteiger partial charge in [-0.1, -0.05) is 22.0 Å². The molecule has 0 radical (unpaired) electrons. The number of rotatable bonds is 1. The first kappa shape index (κ1) is 13.5. The zero-order chi connectivity index (χ0) is 13.0. The van der Waals surface area contributed by atoms with Gasteiger partial charge in [-0.05, 0) is 30.4 Å². The van der Waals surface area contributed by atoms with E-state index in [1.54, 1.807) is 12.1 Å². The van der Waals surface area contributed by atoms with Crippen LogP contribution in [0.4, 0.5) is 0 Å². The number of carbonyl (C=O) groups excluding carboxylic acids is 1. The molecule has 1 aliphatic rings. The molecule has 1 N–H and O–H groups in total. The first-order valence-corrected chi connectivity index (χ1v) is 6.80. The van der Waals surface area contributed by atoms with Crippen LogP contribution in [0, 0.1) is 0 Å². The van der Waals surface area contributed by atoms with Crippen molar-refractivity contribution in [1.82, 2.24) is 10.2 Å². The molecule has 0 aromatic heterocycles. The van der Waals surface area contributed by atoms with Gasteiger partial charge in [-0.2, -0.15) is 0 Å². The number of benzene rings is 1. The van der Waals surface area contributed by atoms with E-state index in [1.165, 1.54) is 0 Å². The van der Waals surface area contributed by atoms with Gasteiger partial charge in [-0.25, -0.2) is 0 Å². The van der Waals surface area contributed by atoms with Crippen molar-refractivity contribution in [2.45, 2.75) is 0 Å². The third kappa shape index (κ3) is 3.51. The monoisotopic (exact) mass is 328 g/mol. The minimum Gasteiger partial charge on any atom is -0.378 e. The Morgan fingerprint density at radius 2 is 2.11 bits per heavy atom. The number of hydrogen-bond acceptors (Lipinski definition) is 3. The number of hydrogen-bond donors (Lipinski definition) is 1. The summed E-state index contributed by atoms with van der Waals surface area (Å²) >= 11 is 8.54. The zero-order valence-corrected chi connectivity index (χ0v) is 12.1. The molecule has 1 saturated heterocycles. The quantitative estimate of drug-likeness (QED) is 0.798. The van der Waals surface area contributed by atoms with E-state index in [0.717, 1.165) is 17.6 Å². The molecule has 0 aliphatic carbocycles. The van der Waals surface area contributed by atoms with Crippen molar-refractivity contribution in [2.75, 3.05) is 26.3 Å². The summed E-state index contributed by atoms with van der Waals surface area (Å²) in [7, 11) is 0. The van der Waals surface area contributed by atoms with Crippen LogP contribution in [0.2, 0.25) is 0 Å². The zero-order valence-electron chi connectivity index (χ0n) is 9.69. The van der Waals surface area contributed by atoms with Crippen LogP contribution in [0.15, 0.2) is 28.7 Å². The van der Waals surface area contributed by atoms with Gasteiger partial charge in [-0.15, -0.1) is 0 Å². The Labute approximate surface area is 119 Å². The number of halogens is 1. The number of carbonyl (C=O) groups is 1. The molecule has 1 aliphatic heterocycles. The molecule has 0 spiro atoms. The molecule has 96 valence electrons. The molecule has 18 heavy (non-hydrogen) atoms. The molecule has 0 atom stereocenters. The molecule has 6 heteroatoms. The van der Waals surface area contributed by atoms with Crippen LogP contribution in [0.1, 0.15) is 10.4 Å². The third-order valence-corrected chi connectivity index (χ3v) is 3.46. The number of nitrogens with one attached hydrogen (secondary N) is 1. The normalized spacial score (nSPS) is 15.3. The number of thiocarbonyl (C=S) groups is 1. The number of ether oxygens (including phenoxy) is 1. The van der Waals surface area contributed by atoms with Gasteiger partial charge >= 0.3 is 0 Å². The third-order valence-electron chi connectivity index (χ3n) is 2.61. The number of nitrogens with zero attached hydrogens (tertiary/aromatic N) is 1. The lowest BCUT2D eigenvalue weighted by molar-refractivity contribution is 0.0669. The Morgan fingerprint density at radius 1 is 1.39 bits per heavy atom. The largest absolute Gasteiger partial charge is 0.378 e. The van der Waals surface area contributed by atoms with Crippen LogP contribution in [-0.2, 0) is 4.74 Å². The van der Waals surface area contributed by atoms with Crippen molar-refractivity contribution < 1.29 is 9.53 Å². The molecule has 0 unspecified atom stereocenters. The average molecular weight is 329 g/mol. The topological polar surface area (TPSA) is 41.6 Å². The van der Waals surface area contributed by atoms with Crippen LogP contribution >= 0.6 is 28.1 Å². The summed E-state index contributed by atoms with van der Waals surface area (Å²) in [4.78, 5) is 13.9. The molecule has 1 heterocycles. The van der Waals surface area contributed by atoms with E-state index in [4.69, 9.17) is 17.0 Å². The van der Waals surface area contributed by atoms with Gasteiger partial charge in [-0.3, -0.25) is 10.1 Å². The molecule has 0 saturated carbocycles. The molecular formula is C12H13BrN2O2S. The maximum Gasteiger partial charge on any atom is 0.257 e. The highest BCUT2D eigenvalue weighted by Crippen LogP contribution is 2.11. The van der Waals surface area contributed by atoms with E-state index in [1.807, 2.05) is 17.0 Å². The Balaban J connectivity index is 1.96. The van der Waals surface area contributed by atoms with Gasteiger partial charge in [0.2, 0.25) is 0 Å². The molecule has 1 aromatic rings. The summed E-state index contributed by atoms with van der Waals surface area (Å²) in [5, 5.41) is 3.20. The Morgan fingerprint density at radius 3 is 2.78 bits per heavy atom. The van der Waals surface area contributed by atoms with Crippen LogP contribution in [0.3, 0.4) is 0 Å². The van der Waals surface area contributed by atoms with Crippen LogP contribution in [-0.4, -0.2) is 42.2 Å². The van der Waals surface area contributed by atoms with Crippen LogP contribution in [0.5, 0.6) is 0 Å². The highest BCUT2D eigenvalue weighted by molar-refractivity contribution is 9.10. The first-order valence-electron chi connectivity index (χ1n) is 5.60. The van der Waals surface area contributed by atoms with Crippen molar-refractivity contribution in [3.8, 4) is 0 Å². The van der Waals surface area contributed by atoms with E-state index >= 15 is 0 Å². The van der Waals surface area contributed by atoms with E-state index < -0.39 is 0 Å². The number of amides is 1. The van der Waals surface area contributed by atoms with Gasteiger partial charge in [0.25, 0.3) is 5.91 Å². The van der Waals surface area contributed by atoms with E-state index in [2.05, 4.69) is 21.2 Å². The summed E-state index contributed by atoms with van der Waals surface area (Å²) in [6.45, 7) is 2.73. The van der Waals surface area contributed by atoms with E-state index in [-0.39, 0.29) is 5.91 Å². The first-order chi connectivity index (χ1) is 8.66. The smallest absolute Gasteiger partial charge is 0.257 e.